The number of hydrogen-bond donors (Lipinski definition) is 2. The Kier molecular flexibility index (Phi) is 6.33. The van der Waals surface area contributed by atoms with Gasteiger partial charge in [-0.3, -0.25) is 14.2 Å². The summed E-state index contributed by atoms with van der Waals surface area (Å²) in [4.78, 5) is 12.3. The van der Waals surface area contributed by atoms with E-state index < -0.39 is 10.0 Å². The minimum atomic E-state index is -3.84. The lowest BCUT2D eigenvalue weighted by Crippen LogP contribution is -2.25. The Hall–Kier alpha value is -2.84. The van der Waals surface area contributed by atoms with E-state index in [0.717, 1.165) is 0 Å². The van der Waals surface area contributed by atoms with Gasteiger partial charge in [-0.05, 0) is 48.9 Å². The monoisotopic (exact) mass is 418 g/mol. The van der Waals surface area contributed by atoms with Crippen LogP contribution >= 0.6 is 11.6 Å². The van der Waals surface area contributed by atoms with Crippen molar-refractivity contribution in [1.29, 1.82) is 0 Å². The van der Waals surface area contributed by atoms with E-state index in [1.807, 2.05) is 12.3 Å². The fourth-order valence-electron chi connectivity index (χ4n) is 2.55. The summed E-state index contributed by atoms with van der Waals surface area (Å²) in [7, 11) is -3.84. The van der Waals surface area contributed by atoms with Crippen LogP contribution in [0.25, 0.3) is 0 Å². The Morgan fingerprint density at radius 2 is 1.93 bits per heavy atom. The van der Waals surface area contributed by atoms with Crippen LogP contribution in [-0.4, -0.2) is 30.7 Å². The van der Waals surface area contributed by atoms with Gasteiger partial charge >= 0.3 is 0 Å². The first-order chi connectivity index (χ1) is 13.4. The standard InChI is InChI=1S/C19H19ClN4O3S/c20-16-6-2-7-17(14-16)23-28(26,27)18-8-1-5-15(13-18)19(25)21-9-3-11-24-12-4-10-22-24/h1-2,4-8,10,12-14,23H,3,9,11H2,(H,21,25). The molecular weight excluding hydrogens is 400 g/mol. The number of rotatable bonds is 8. The largest absolute Gasteiger partial charge is 0.352 e. The molecule has 0 aliphatic rings. The minimum absolute atomic E-state index is 0.00309. The number of halogens is 1. The van der Waals surface area contributed by atoms with Gasteiger partial charge in [0, 0.05) is 36.1 Å². The normalized spacial score (nSPS) is 11.2. The van der Waals surface area contributed by atoms with E-state index in [-0.39, 0.29) is 16.4 Å². The van der Waals surface area contributed by atoms with Crippen LogP contribution in [0.5, 0.6) is 0 Å². The fourth-order valence-corrected chi connectivity index (χ4v) is 3.83. The Labute approximate surface area is 168 Å². The molecule has 0 aliphatic heterocycles. The minimum Gasteiger partial charge on any atom is -0.352 e. The fraction of sp³-hybridized carbons (Fsp3) is 0.158. The molecule has 146 valence electrons. The average molecular weight is 419 g/mol. The highest BCUT2D eigenvalue weighted by molar-refractivity contribution is 7.92. The Morgan fingerprint density at radius 3 is 2.68 bits per heavy atom. The summed E-state index contributed by atoms with van der Waals surface area (Å²) in [6.07, 6.45) is 4.26. The SMILES string of the molecule is O=C(NCCCn1cccn1)c1cccc(S(=O)(=O)Nc2cccc(Cl)c2)c1. The zero-order chi connectivity index (χ0) is 20.0. The molecule has 0 unspecified atom stereocenters. The first-order valence-corrected chi connectivity index (χ1v) is 10.4. The zero-order valence-electron chi connectivity index (χ0n) is 14.9. The molecule has 28 heavy (non-hydrogen) atoms. The van der Waals surface area contributed by atoms with Crippen LogP contribution in [0.3, 0.4) is 0 Å². The average Bonchev–Trinajstić information content (AvgIpc) is 3.18. The second-order valence-corrected chi connectivity index (χ2v) is 8.14. The van der Waals surface area contributed by atoms with Gasteiger partial charge in [-0.15, -0.1) is 0 Å². The van der Waals surface area contributed by atoms with Crippen molar-refractivity contribution in [2.24, 2.45) is 0 Å². The van der Waals surface area contributed by atoms with E-state index in [1.165, 1.54) is 24.3 Å². The number of hydrogen-bond acceptors (Lipinski definition) is 4. The number of aromatic nitrogens is 2. The highest BCUT2D eigenvalue weighted by Gasteiger charge is 2.16. The molecule has 3 aromatic rings. The number of aryl methyl sites for hydroxylation is 1. The number of nitrogens with zero attached hydrogens (tertiary/aromatic N) is 2. The van der Waals surface area contributed by atoms with Gasteiger partial charge < -0.3 is 5.32 Å². The molecule has 3 rings (SSSR count). The smallest absolute Gasteiger partial charge is 0.261 e. The van der Waals surface area contributed by atoms with Crippen LogP contribution in [0.4, 0.5) is 5.69 Å². The van der Waals surface area contributed by atoms with E-state index in [4.69, 9.17) is 11.6 Å². The quantitative estimate of drug-likeness (QED) is 0.549. The predicted molar refractivity (Wildman–Crippen MR) is 108 cm³/mol. The van der Waals surface area contributed by atoms with Crippen molar-refractivity contribution in [3.8, 4) is 0 Å². The molecule has 0 radical (unpaired) electrons. The van der Waals surface area contributed by atoms with E-state index in [1.54, 1.807) is 35.1 Å². The van der Waals surface area contributed by atoms with Crippen LogP contribution in [0, 0.1) is 0 Å². The first kappa shape index (κ1) is 19.9. The molecule has 0 saturated heterocycles. The van der Waals surface area contributed by atoms with Crippen LogP contribution in [0.2, 0.25) is 5.02 Å². The lowest BCUT2D eigenvalue weighted by Gasteiger charge is -2.10. The number of benzene rings is 2. The maximum absolute atomic E-state index is 12.6. The number of anilines is 1. The predicted octanol–water partition coefficient (Wildman–Crippen LogP) is 3.16. The maximum Gasteiger partial charge on any atom is 0.261 e. The van der Waals surface area contributed by atoms with Gasteiger partial charge in [0.2, 0.25) is 0 Å². The summed E-state index contributed by atoms with van der Waals surface area (Å²) in [6.45, 7) is 1.14. The van der Waals surface area contributed by atoms with Gasteiger partial charge in [0.1, 0.15) is 0 Å². The number of sulfonamides is 1. The molecule has 0 saturated carbocycles. The summed E-state index contributed by atoms with van der Waals surface area (Å²) in [6, 6.07) is 14.1. The Morgan fingerprint density at radius 1 is 1.11 bits per heavy atom. The molecule has 0 spiro atoms. The van der Waals surface area contributed by atoms with Crippen LogP contribution < -0.4 is 10.0 Å². The number of carbonyl (C=O) groups excluding carboxylic acids is 1. The van der Waals surface area contributed by atoms with Crippen molar-refractivity contribution in [1.82, 2.24) is 15.1 Å². The van der Waals surface area contributed by atoms with E-state index in [2.05, 4.69) is 15.1 Å². The topological polar surface area (TPSA) is 93.1 Å². The second kappa shape index (κ2) is 8.90. The van der Waals surface area contributed by atoms with E-state index >= 15 is 0 Å². The molecule has 9 heteroatoms. The summed E-state index contributed by atoms with van der Waals surface area (Å²) < 4.78 is 29.4. The third-order valence-electron chi connectivity index (χ3n) is 3.89. The number of nitrogens with one attached hydrogen (secondary N) is 2. The summed E-state index contributed by atoms with van der Waals surface area (Å²) in [5, 5.41) is 7.30. The molecular formula is C19H19ClN4O3S. The third kappa shape index (κ3) is 5.34. The van der Waals surface area contributed by atoms with Crippen LogP contribution in [0.15, 0.2) is 71.9 Å². The van der Waals surface area contributed by atoms with Crippen LogP contribution in [0.1, 0.15) is 16.8 Å². The molecule has 0 fully saturated rings. The maximum atomic E-state index is 12.6. The van der Waals surface area contributed by atoms with Gasteiger partial charge in [-0.1, -0.05) is 23.7 Å². The van der Waals surface area contributed by atoms with Gasteiger partial charge in [-0.25, -0.2) is 8.42 Å². The summed E-state index contributed by atoms with van der Waals surface area (Å²) in [5.41, 5.74) is 0.619. The molecule has 1 aromatic heterocycles. The molecule has 0 bridgehead atoms. The summed E-state index contributed by atoms with van der Waals surface area (Å²) >= 11 is 5.89. The van der Waals surface area contributed by atoms with E-state index in [9.17, 15) is 13.2 Å². The van der Waals surface area contributed by atoms with Crippen molar-refractivity contribution >= 4 is 33.2 Å². The third-order valence-corrected chi connectivity index (χ3v) is 5.51. The molecule has 0 atom stereocenters. The van der Waals surface area contributed by atoms with Gasteiger partial charge in [0.05, 0.1) is 10.6 Å². The zero-order valence-corrected chi connectivity index (χ0v) is 16.4. The van der Waals surface area contributed by atoms with Gasteiger partial charge in [-0.2, -0.15) is 5.10 Å². The highest BCUT2D eigenvalue weighted by Crippen LogP contribution is 2.20. The molecule has 1 amide bonds. The molecule has 2 aromatic carbocycles. The summed E-state index contributed by atoms with van der Waals surface area (Å²) in [5.74, 6) is -0.333. The lowest BCUT2D eigenvalue weighted by molar-refractivity contribution is 0.0952. The highest BCUT2D eigenvalue weighted by atomic mass is 35.5. The van der Waals surface area contributed by atoms with E-state index in [0.29, 0.717) is 30.2 Å². The first-order valence-electron chi connectivity index (χ1n) is 8.58. The number of carbonyl (C=O) groups is 1. The molecule has 2 N–H and O–H groups in total. The van der Waals surface area contributed by atoms with Crippen molar-refractivity contribution in [2.75, 3.05) is 11.3 Å². The van der Waals surface area contributed by atoms with Crippen LogP contribution in [-0.2, 0) is 16.6 Å². The number of amides is 1. The molecule has 7 nitrogen and oxygen atoms in total. The van der Waals surface area contributed by atoms with Crippen molar-refractivity contribution in [3.63, 3.8) is 0 Å². The Bertz CT molecular complexity index is 1050. The lowest BCUT2D eigenvalue weighted by atomic mass is 10.2. The second-order valence-electron chi connectivity index (χ2n) is 6.02. The van der Waals surface area contributed by atoms with Crippen molar-refractivity contribution in [2.45, 2.75) is 17.9 Å². The molecule has 0 aliphatic carbocycles. The van der Waals surface area contributed by atoms with Gasteiger partial charge in [0.15, 0.2) is 0 Å². The Balaban J connectivity index is 1.62. The van der Waals surface area contributed by atoms with Crippen molar-refractivity contribution in [3.05, 3.63) is 77.6 Å². The van der Waals surface area contributed by atoms with Crippen molar-refractivity contribution < 1.29 is 13.2 Å². The van der Waals surface area contributed by atoms with Gasteiger partial charge in [0.25, 0.3) is 15.9 Å². The molecule has 1 heterocycles.